The van der Waals surface area contributed by atoms with E-state index in [0.717, 1.165) is 11.8 Å². The summed E-state index contributed by atoms with van der Waals surface area (Å²) in [6, 6.07) is 0. The highest BCUT2D eigenvalue weighted by atomic mass is 16.1. The van der Waals surface area contributed by atoms with E-state index >= 15 is 0 Å². The third kappa shape index (κ3) is 0.979. The summed E-state index contributed by atoms with van der Waals surface area (Å²) in [6.07, 6.45) is 5.13. The van der Waals surface area contributed by atoms with E-state index in [1.165, 1.54) is 25.7 Å². The Morgan fingerprint density at radius 1 is 1.20 bits per heavy atom. The van der Waals surface area contributed by atoms with Gasteiger partial charge in [0.05, 0.1) is 0 Å². The lowest BCUT2D eigenvalue weighted by molar-refractivity contribution is -0.121. The van der Waals surface area contributed by atoms with Crippen LogP contribution in [0.3, 0.4) is 0 Å². The summed E-state index contributed by atoms with van der Waals surface area (Å²) in [5.41, 5.74) is 0. The lowest BCUT2D eigenvalue weighted by atomic mass is 9.87. The SMILES string of the molecule is CC(=O)[C@H]1CC[C@@H]2C[C@@H]2C1. The van der Waals surface area contributed by atoms with Crippen LogP contribution < -0.4 is 0 Å². The van der Waals surface area contributed by atoms with Crippen molar-refractivity contribution in [1.82, 2.24) is 0 Å². The van der Waals surface area contributed by atoms with Crippen molar-refractivity contribution < 1.29 is 4.79 Å². The highest BCUT2D eigenvalue weighted by Gasteiger charge is 2.42. The van der Waals surface area contributed by atoms with Crippen molar-refractivity contribution in [2.45, 2.75) is 32.6 Å². The molecule has 0 heterocycles. The molecule has 0 aromatic carbocycles. The fourth-order valence-electron chi connectivity index (χ4n) is 2.22. The van der Waals surface area contributed by atoms with Gasteiger partial charge in [0.25, 0.3) is 0 Å². The molecule has 10 heavy (non-hydrogen) atoms. The van der Waals surface area contributed by atoms with Crippen LogP contribution in [0.2, 0.25) is 0 Å². The molecule has 2 aliphatic carbocycles. The molecule has 2 fully saturated rings. The second kappa shape index (κ2) is 2.08. The number of ketones is 1. The van der Waals surface area contributed by atoms with E-state index in [1.807, 2.05) is 0 Å². The van der Waals surface area contributed by atoms with Crippen LogP contribution in [0.5, 0.6) is 0 Å². The Morgan fingerprint density at radius 2 is 2.00 bits per heavy atom. The molecule has 2 rings (SSSR count). The summed E-state index contributed by atoms with van der Waals surface area (Å²) in [4.78, 5) is 11.0. The maximum absolute atomic E-state index is 11.0. The van der Waals surface area contributed by atoms with Crippen LogP contribution in [0.15, 0.2) is 0 Å². The molecule has 0 amide bonds. The second-order valence-electron chi connectivity index (χ2n) is 3.88. The first-order chi connectivity index (χ1) is 4.77. The molecule has 2 saturated carbocycles. The molecule has 0 bridgehead atoms. The monoisotopic (exact) mass is 138 g/mol. The molecule has 0 unspecified atom stereocenters. The van der Waals surface area contributed by atoms with Gasteiger partial charge in [-0.2, -0.15) is 0 Å². The Morgan fingerprint density at radius 3 is 2.60 bits per heavy atom. The van der Waals surface area contributed by atoms with Gasteiger partial charge in [-0.25, -0.2) is 0 Å². The summed E-state index contributed by atoms with van der Waals surface area (Å²) in [7, 11) is 0. The van der Waals surface area contributed by atoms with Crippen molar-refractivity contribution in [2.75, 3.05) is 0 Å². The normalized spacial score (nSPS) is 44.3. The molecular formula is C9H14O. The van der Waals surface area contributed by atoms with Gasteiger partial charge in [-0.05, 0) is 44.4 Å². The van der Waals surface area contributed by atoms with Gasteiger partial charge >= 0.3 is 0 Å². The first-order valence-corrected chi connectivity index (χ1v) is 4.28. The summed E-state index contributed by atoms with van der Waals surface area (Å²) in [6.45, 7) is 1.74. The molecule has 0 N–H and O–H groups in total. The molecule has 1 heteroatoms. The van der Waals surface area contributed by atoms with Crippen LogP contribution in [-0.2, 0) is 4.79 Å². The van der Waals surface area contributed by atoms with Gasteiger partial charge < -0.3 is 0 Å². The van der Waals surface area contributed by atoms with E-state index in [1.54, 1.807) is 6.92 Å². The fourth-order valence-corrected chi connectivity index (χ4v) is 2.22. The smallest absolute Gasteiger partial charge is 0.132 e. The molecule has 3 atom stereocenters. The van der Waals surface area contributed by atoms with Crippen LogP contribution in [0.1, 0.15) is 32.6 Å². The molecule has 0 radical (unpaired) electrons. The van der Waals surface area contributed by atoms with E-state index in [-0.39, 0.29) is 0 Å². The summed E-state index contributed by atoms with van der Waals surface area (Å²) < 4.78 is 0. The minimum atomic E-state index is 0.422. The number of hydrogen-bond acceptors (Lipinski definition) is 1. The van der Waals surface area contributed by atoms with Crippen molar-refractivity contribution in [3.05, 3.63) is 0 Å². The largest absolute Gasteiger partial charge is 0.300 e. The van der Waals surface area contributed by atoms with Crippen molar-refractivity contribution in [3.63, 3.8) is 0 Å². The fraction of sp³-hybridized carbons (Fsp3) is 0.889. The van der Waals surface area contributed by atoms with E-state index < -0.39 is 0 Å². The number of Topliss-reactive ketones (excluding diaryl/α,β-unsaturated/α-hetero) is 1. The van der Waals surface area contributed by atoms with Gasteiger partial charge in [0.1, 0.15) is 5.78 Å². The van der Waals surface area contributed by atoms with Gasteiger partial charge in [-0.1, -0.05) is 0 Å². The number of carbonyl (C=O) groups is 1. The van der Waals surface area contributed by atoms with Gasteiger partial charge in [0.2, 0.25) is 0 Å². The maximum Gasteiger partial charge on any atom is 0.132 e. The Labute approximate surface area is 61.8 Å². The topological polar surface area (TPSA) is 17.1 Å². The molecule has 0 saturated heterocycles. The number of fused-ring (bicyclic) bond motifs is 1. The summed E-state index contributed by atoms with van der Waals surface area (Å²) in [5, 5.41) is 0. The average Bonchev–Trinajstić information content (AvgIpc) is 2.63. The summed E-state index contributed by atoms with van der Waals surface area (Å²) >= 11 is 0. The Hall–Kier alpha value is -0.330. The van der Waals surface area contributed by atoms with Crippen molar-refractivity contribution >= 4 is 5.78 Å². The van der Waals surface area contributed by atoms with E-state index in [0.29, 0.717) is 11.7 Å². The molecule has 0 aromatic heterocycles. The molecule has 0 aliphatic heterocycles. The zero-order valence-electron chi connectivity index (χ0n) is 6.47. The standard InChI is InChI=1S/C9H14O/c1-6(10)7-2-3-8-5-9(8)4-7/h7-9H,2-5H2,1H3/t7-,8+,9-/m0/s1. The van der Waals surface area contributed by atoms with Crippen LogP contribution >= 0.6 is 0 Å². The predicted octanol–water partition coefficient (Wildman–Crippen LogP) is 2.01. The van der Waals surface area contributed by atoms with Gasteiger partial charge in [0.15, 0.2) is 0 Å². The molecule has 0 aromatic rings. The van der Waals surface area contributed by atoms with E-state index in [4.69, 9.17) is 0 Å². The zero-order chi connectivity index (χ0) is 7.14. The van der Waals surface area contributed by atoms with Crippen LogP contribution in [0, 0.1) is 17.8 Å². The number of rotatable bonds is 1. The first-order valence-electron chi connectivity index (χ1n) is 4.28. The third-order valence-corrected chi connectivity index (χ3v) is 3.12. The predicted molar refractivity (Wildman–Crippen MR) is 39.6 cm³/mol. The minimum absolute atomic E-state index is 0.422. The van der Waals surface area contributed by atoms with Gasteiger partial charge in [-0.15, -0.1) is 0 Å². The van der Waals surface area contributed by atoms with Crippen molar-refractivity contribution in [2.24, 2.45) is 17.8 Å². The second-order valence-corrected chi connectivity index (χ2v) is 3.88. The molecule has 2 aliphatic rings. The van der Waals surface area contributed by atoms with Gasteiger partial charge in [0, 0.05) is 5.92 Å². The van der Waals surface area contributed by atoms with Crippen molar-refractivity contribution in [3.8, 4) is 0 Å². The Bertz CT molecular complexity index is 162. The Balaban J connectivity index is 1.94. The van der Waals surface area contributed by atoms with E-state index in [2.05, 4.69) is 0 Å². The van der Waals surface area contributed by atoms with Crippen LogP contribution in [0.4, 0.5) is 0 Å². The third-order valence-electron chi connectivity index (χ3n) is 3.12. The van der Waals surface area contributed by atoms with E-state index in [9.17, 15) is 4.79 Å². The molecular weight excluding hydrogens is 124 g/mol. The number of carbonyl (C=O) groups excluding carboxylic acids is 1. The zero-order valence-corrected chi connectivity index (χ0v) is 6.47. The highest BCUT2D eigenvalue weighted by molar-refractivity contribution is 5.78. The van der Waals surface area contributed by atoms with Crippen LogP contribution in [0.25, 0.3) is 0 Å². The van der Waals surface area contributed by atoms with Crippen molar-refractivity contribution in [1.29, 1.82) is 0 Å². The quantitative estimate of drug-likeness (QED) is 0.541. The number of hydrogen-bond donors (Lipinski definition) is 0. The molecule has 1 nitrogen and oxygen atoms in total. The molecule has 0 spiro atoms. The molecule has 56 valence electrons. The lowest BCUT2D eigenvalue weighted by Gasteiger charge is -2.17. The van der Waals surface area contributed by atoms with Crippen LogP contribution in [-0.4, -0.2) is 5.78 Å². The average molecular weight is 138 g/mol. The lowest BCUT2D eigenvalue weighted by Crippen LogP contribution is -2.15. The highest BCUT2D eigenvalue weighted by Crippen LogP contribution is 2.51. The summed E-state index contributed by atoms with van der Waals surface area (Å²) in [5.74, 6) is 2.83. The first kappa shape index (κ1) is 6.38. The minimum Gasteiger partial charge on any atom is -0.300 e. The maximum atomic E-state index is 11.0. The Kier molecular flexibility index (Phi) is 1.33. The van der Waals surface area contributed by atoms with Gasteiger partial charge in [-0.3, -0.25) is 4.79 Å².